The molecule has 0 amide bonds. The standard InChI is InChI=1S/C20H33N3O4/c1-4-21-20(22-10-6-11-27-17-9-12-25-15-17)23-14-16-7-8-18(24-3)19(13-16)26-5-2/h7-8,13,17H,4-6,9-12,14-15H2,1-3H3,(H2,21,22,23). The minimum atomic E-state index is 0.265. The number of benzene rings is 1. The first kappa shape index (κ1) is 21.3. The molecule has 0 aliphatic carbocycles. The van der Waals surface area contributed by atoms with E-state index in [-0.39, 0.29) is 6.10 Å². The van der Waals surface area contributed by atoms with Gasteiger partial charge >= 0.3 is 0 Å². The maximum atomic E-state index is 5.78. The van der Waals surface area contributed by atoms with Crippen LogP contribution >= 0.6 is 0 Å². The van der Waals surface area contributed by atoms with Gasteiger partial charge in [-0.3, -0.25) is 0 Å². The van der Waals surface area contributed by atoms with E-state index in [2.05, 4.69) is 22.5 Å². The van der Waals surface area contributed by atoms with E-state index in [1.165, 1.54) is 0 Å². The molecule has 2 rings (SSSR count). The summed E-state index contributed by atoms with van der Waals surface area (Å²) in [5.74, 6) is 2.29. The molecule has 1 heterocycles. The molecule has 2 N–H and O–H groups in total. The zero-order valence-corrected chi connectivity index (χ0v) is 16.8. The smallest absolute Gasteiger partial charge is 0.191 e. The molecule has 7 heteroatoms. The van der Waals surface area contributed by atoms with Crippen LogP contribution in [-0.2, 0) is 16.0 Å². The Kier molecular flexibility index (Phi) is 9.79. The quantitative estimate of drug-likeness (QED) is 0.349. The highest BCUT2D eigenvalue weighted by Gasteiger charge is 2.15. The Morgan fingerprint density at radius 1 is 1.26 bits per heavy atom. The van der Waals surface area contributed by atoms with Crippen LogP contribution in [0.1, 0.15) is 32.3 Å². The van der Waals surface area contributed by atoms with E-state index in [4.69, 9.17) is 18.9 Å². The Labute approximate surface area is 162 Å². The molecule has 1 aromatic rings. The second-order valence-electron chi connectivity index (χ2n) is 6.25. The average molecular weight is 380 g/mol. The molecule has 0 spiro atoms. The Morgan fingerprint density at radius 2 is 2.15 bits per heavy atom. The number of hydrogen-bond donors (Lipinski definition) is 2. The number of aliphatic imine (C=N–C) groups is 1. The van der Waals surface area contributed by atoms with Gasteiger partial charge in [-0.25, -0.2) is 4.99 Å². The Hall–Kier alpha value is -1.99. The zero-order valence-electron chi connectivity index (χ0n) is 16.8. The van der Waals surface area contributed by atoms with Gasteiger partial charge in [-0.05, 0) is 44.4 Å². The molecule has 1 unspecified atom stereocenters. The monoisotopic (exact) mass is 379 g/mol. The summed E-state index contributed by atoms with van der Waals surface area (Å²) in [6.45, 7) is 9.08. The fourth-order valence-electron chi connectivity index (χ4n) is 2.77. The third-order valence-corrected chi connectivity index (χ3v) is 4.15. The van der Waals surface area contributed by atoms with Gasteiger partial charge < -0.3 is 29.6 Å². The summed E-state index contributed by atoms with van der Waals surface area (Å²) in [4.78, 5) is 4.65. The van der Waals surface area contributed by atoms with Crippen molar-refractivity contribution >= 4 is 5.96 Å². The molecule has 1 aliphatic heterocycles. The maximum absolute atomic E-state index is 5.78. The topological polar surface area (TPSA) is 73.3 Å². The number of ether oxygens (including phenoxy) is 4. The van der Waals surface area contributed by atoms with Crippen molar-refractivity contribution in [3.63, 3.8) is 0 Å². The number of rotatable bonds is 11. The minimum Gasteiger partial charge on any atom is -0.493 e. The van der Waals surface area contributed by atoms with Gasteiger partial charge in [-0.15, -0.1) is 0 Å². The van der Waals surface area contributed by atoms with E-state index in [1.807, 2.05) is 25.1 Å². The van der Waals surface area contributed by atoms with Crippen LogP contribution in [0.2, 0.25) is 0 Å². The van der Waals surface area contributed by atoms with Crippen molar-refractivity contribution in [1.82, 2.24) is 10.6 Å². The van der Waals surface area contributed by atoms with Crippen LogP contribution in [0.5, 0.6) is 11.5 Å². The second kappa shape index (κ2) is 12.4. The van der Waals surface area contributed by atoms with Crippen LogP contribution in [0.15, 0.2) is 23.2 Å². The van der Waals surface area contributed by atoms with E-state index in [0.29, 0.717) is 13.2 Å². The normalized spacial score (nSPS) is 17.0. The molecule has 27 heavy (non-hydrogen) atoms. The Morgan fingerprint density at radius 3 is 2.85 bits per heavy atom. The molecule has 1 saturated heterocycles. The highest BCUT2D eigenvalue weighted by atomic mass is 16.5. The third-order valence-electron chi connectivity index (χ3n) is 4.15. The summed E-state index contributed by atoms with van der Waals surface area (Å²) >= 11 is 0. The van der Waals surface area contributed by atoms with Gasteiger partial charge in [0.1, 0.15) is 0 Å². The molecule has 1 fully saturated rings. The maximum Gasteiger partial charge on any atom is 0.191 e. The van der Waals surface area contributed by atoms with E-state index < -0.39 is 0 Å². The fraction of sp³-hybridized carbons (Fsp3) is 0.650. The first-order chi connectivity index (χ1) is 13.3. The largest absolute Gasteiger partial charge is 0.493 e. The van der Waals surface area contributed by atoms with Crippen molar-refractivity contribution in [1.29, 1.82) is 0 Å². The van der Waals surface area contributed by atoms with Gasteiger partial charge in [-0.1, -0.05) is 6.07 Å². The highest BCUT2D eigenvalue weighted by Crippen LogP contribution is 2.28. The lowest BCUT2D eigenvalue weighted by Gasteiger charge is -2.13. The van der Waals surface area contributed by atoms with Gasteiger partial charge in [-0.2, -0.15) is 0 Å². The molecule has 1 aliphatic rings. The molecule has 0 aromatic heterocycles. The summed E-state index contributed by atoms with van der Waals surface area (Å²) in [6, 6.07) is 5.90. The van der Waals surface area contributed by atoms with Crippen LogP contribution < -0.4 is 20.1 Å². The summed E-state index contributed by atoms with van der Waals surface area (Å²) in [5, 5.41) is 6.62. The van der Waals surface area contributed by atoms with Crippen molar-refractivity contribution in [2.24, 2.45) is 4.99 Å². The lowest BCUT2D eigenvalue weighted by molar-refractivity contribution is 0.0420. The first-order valence-corrected chi connectivity index (χ1v) is 9.78. The van der Waals surface area contributed by atoms with Crippen LogP contribution in [0.3, 0.4) is 0 Å². The van der Waals surface area contributed by atoms with Gasteiger partial charge in [0, 0.05) is 26.3 Å². The molecule has 0 saturated carbocycles. The zero-order chi connectivity index (χ0) is 19.3. The summed E-state index contributed by atoms with van der Waals surface area (Å²) < 4.78 is 22.0. The molecular formula is C20H33N3O4. The fourth-order valence-corrected chi connectivity index (χ4v) is 2.77. The van der Waals surface area contributed by atoms with Crippen molar-refractivity contribution < 1.29 is 18.9 Å². The van der Waals surface area contributed by atoms with Gasteiger partial charge in [0.15, 0.2) is 17.5 Å². The predicted molar refractivity (Wildman–Crippen MR) is 107 cm³/mol. The number of methoxy groups -OCH3 is 1. The number of hydrogen-bond acceptors (Lipinski definition) is 5. The number of nitrogens with zero attached hydrogens (tertiary/aromatic N) is 1. The molecule has 0 bridgehead atoms. The van der Waals surface area contributed by atoms with Crippen molar-refractivity contribution in [2.75, 3.05) is 46.6 Å². The van der Waals surface area contributed by atoms with Gasteiger partial charge in [0.25, 0.3) is 0 Å². The Bertz CT molecular complexity index is 574. The molecule has 1 aromatic carbocycles. The average Bonchev–Trinajstić information content (AvgIpc) is 3.19. The van der Waals surface area contributed by atoms with E-state index in [9.17, 15) is 0 Å². The van der Waals surface area contributed by atoms with Crippen molar-refractivity contribution in [3.8, 4) is 11.5 Å². The summed E-state index contributed by atoms with van der Waals surface area (Å²) in [6.07, 6.45) is 2.20. The summed E-state index contributed by atoms with van der Waals surface area (Å²) in [5.41, 5.74) is 1.07. The molecule has 1 atom stereocenters. The highest BCUT2D eigenvalue weighted by molar-refractivity contribution is 5.79. The van der Waals surface area contributed by atoms with Crippen LogP contribution in [0.4, 0.5) is 0 Å². The second-order valence-corrected chi connectivity index (χ2v) is 6.25. The number of nitrogens with one attached hydrogen (secondary N) is 2. The number of guanidine groups is 1. The van der Waals surface area contributed by atoms with Crippen LogP contribution in [0.25, 0.3) is 0 Å². The van der Waals surface area contributed by atoms with E-state index >= 15 is 0 Å². The van der Waals surface area contributed by atoms with Crippen LogP contribution in [-0.4, -0.2) is 58.7 Å². The minimum absolute atomic E-state index is 0.265. The Balaban J connectivity index is 1.80. The molecule has 7 nitrogen and oxygen atoms in total. The van der Waals surface area contributed by atoms with Crippen molar-refractivity contribution in [2.45, 2.75) is 39.3 Å². The van der Waals surface area contributed by atoms with Crippen molar-refractivity contribution in [3.05, 3.63) is 23.8 Å². The molecule has 0 radical (unpaired) electrons. The van der Waals surface area contributed by atoms with E-state index in [1.54, 1.807) is 7.11 Å². The SMILES string of the molecule is CCNC(=NCc1ccc(OC)c(OCC)c1)NCCCOC1CCOC1. The molecular weight excluding hydrogens is 346 g/mol. The first-order valence-electron chi connectivity index (χ1n) is 9.78. The van der Waals surface area contributed by atoms with Gasteiger partial charge in [0.2, 0.25) is 0 Å². The third kappa shape index (κ3) is 7.64. The summed E-state index contributed by atoms with van der Waals surface area (Å²) in [7, 11) is 1.65. The van der Waals surface area contributed by atoms with Crippen LogP contribution in [0, 0.1) is 0 Å². The predicted octanol–water partition coefficient (Wildman–Crippen LogP) is 2.34. The lowest BCUT2D eigenvalue weighted by atomic mass is 10.2. The lowest BCUT2D eigenvalue weighted by Crippen LogP contribution is -2.38. The van der Waals surface area contributed by atoms with Gasteiger partial charge in [0.05, 0.1) is 33.0 Å². The van der Waals surface area contributed by atoms with E-state index in [0.717, 1.165) is 68.8 Å². The molecule has 152 valence electrons.